The molecule has 2 fully saturated rings. The van der Waals surface area contributed by atoms with Crippen LogP contribution in [0.5, 0.6) is 0 Å². The van der Waals surface area contributed by atoms with Crippen molar-refractivity contribution in [2.45, 2.75) is 50.1 Å². The lowest BCUT2D eigenvalue weighted by molar-refractivity contribution is 0.159. The second kappa shape index (κ2) is 4.94. The third-order valence-corrected chi connectivity index (χ3v) is 4.60. The van der Waals surface area contributed by atoms with Gasteiger partial charge in [0.15, 0.2) is 0 Å². The van der Waals surface area contributed by atoms with E-state index in [1.807, 2.05) is 12.3 Å². The number of nitrogens with zero attached hydrogens (tertiary/aromatic N) is 3. The number of piperidine rings is 1. The minimum atomic E-state index is 0.552. The summed E-state index contributed by atoms with van der Waals surface area (Å²) in [7, 11) is 2.27. The second-order valence-corrected chi connectivity index (χ2v) is 5.66. The molecule has 0 aromatic carbocycles. The van der Waals surface area contributed by atoms with Crippen molar-refractivity contribution in [3.63, 3.8) is 0 Å². The van der Waals surface area contributed by atoms with Crippen LogP contribution >= 0.6 is 0 Å². The molecule has 1 aromatic heterocycles. The Kier molecular flexibility index (Phi) is 3.31. The van der Waals surface area contributed by atoms with E-state index in [0.29, 0.717) is 12.5 Å². The van der Waals surface area contributed by atoms with Crippen molar-refractivity contribution in [2.75, 3.05) is 13.6 Å². The summed E-state index contributed by atoms with van der Waals surface area (Å²) in [6.45, 7) is 0.662. The van der Waals surface area contributed by atoms with E-state index in [0.717, 1.165) is 30.0 Å². The van der Waals surface area contributed by atoms with Gasteiger partial charge in [-0.2, -0.15) is 0 Å². The SMILES string of the molecule is CN1C2CCC1CC(c1nccc(CCN)n1)C2. The van der Waals surface area contributed by atoms with Gasteiger partial charge in [0.25, 0.3) is 0 Å². The van der Waals surface area contributed by atoms with Crippen LogP contribution in [0.4, 0.5) is 0 Å². The summed E-state index contributed by atoms with van der Waals surface area (Å²) in [5, 5.41) is 0. The molecule has 2 aliphatic rings. The fourth-order valence-electron chi connectivity index (χ4n) is 3.52. The molecular formula is C14H22N4. The highest BCUT2D eigenvalue weighted by molar-refractivity contribution is 5.10. The highest BCUT2D eigenvalue weighted by atomic mass is 15.2. The molecule has 2 unspecified atom stereocenters. The lowest BCUT2D eigenvalue weighted by Gasteiger charge is -2.35. The minimum absolute atomic E-state index is 0.552. The molecule has 0 saturated carbocycles. The summed E-state index contributed by atoms with van der Waals surface area (Å²) in [5.74, 6) is 1.60. The van der Waals surface area contributed by atoms with Crippen molar-refractivity contribution >= 4 is 0 Å². The van der Waals surface area contributed by atoms with Crippen molar-refractivity contribution in [2.24, 2.45) is 5.73 Å². The summed E-state index contributed by atoms with van der Waals surface area (Å²) in [6.07, 6.45) is 7.89. The van der Waals surface area contributed by atoms with Gasteiger partial charge in [0.2, 0.25) is 0 Å². The monoisotopic (exact) mass is 246 g/mol. The standard InChI is InChI=1S/C14H22N4/c1-18-12-2-3-13(18)9-10(8-12)14-16-7-5-11(17-14)4-6-15/h5,7,10,12-13H,2-4,6,8-9,15H2,1H3. The first-order valence-electron chi connectivity index (χ1n) is 7.01. The van der Waals surface area contributed by atoms with Crippen LogP contribution in [0, 0.1) is 0 Å². The van der Waals surface area contributed by atoms with Crippen LogP contribution < -0.4 is 5.73 Å². The van der Waals surface area contributed by atoms with Crippen LogP contribution in [0.1, 0.15) is 43.1 Å². The molecule has 2 atom stereocenters. The first-order valence-corrected chi connectivity index (χ1v) is 7.01. The van der Waals surface area contributed by atoms with E-state index in [4.69, 9.17) is 10.7 Å². The zero-order valence-electron chi connectivity index (χ0n) is 11.0. The molecule has 3 heterocycles. The molecule has 2 saturated heterocycles. The molecule has 0 spiro atoms. The predicted octanol–water partition coefficient (Wildman–Crippen LogP) is 1.32. The first kappa shape index (κ1) is 12.1. The normalized spacial score (nSPS) is 31.8. The van der Waals surface area contributed by atoms with E-state index in [1.54, 1.807) is 0 Å². The maximum Gasteiger partial charge on any atom is 0.131 e. The van der Waals surface area contributed by atoms with Gasteiger partial charge < -0.3 is 10.6 Å². The Hall–Kier alpha value is -1.00. The molecule has 0 amide bonds. The fourth-order valence-corrected chi connectivity index (χ4v) is 3.52. The summed E-state index contributed by atoms with van der Waals surface area (Å²) in [4.78, 5) is 11.8. The maximum absolute atomic E-state index is 5.59. The summed E-state index contributed by atoms with van der Waals surface area (Å²) < 4.78 is 0. The van der Waals surface area contributed by atoms with Gasteiger partial charge in [0.1, 0.15) is 5.82 Å². The number of hydrogen-bond acceptors (Lipinski definition) is 4. The van der Waals surface area contributed by atoms with Crippen LogP contribution in [0.2, 0.25) is 0 Å². The van der Waals surface area contributed by atoms with Crippen LogP contribution in [0.3, 0.4) is 0 Å². The topological polar surface area (TPSA) is 55.0 Å². The average molecular weight is 246 g/mol. The molecule has 4 heteroatoms. The molecule has 18 heavy (non-hydrogen) atoms. The highest BCUT2D eigenvalue weighted by Gasteiger charge is 2.39. The van der Waals surface area contributed by atoms with Crippen molar-refractivity contribution in [3.8, 4) is 0 Å². The largest absolute Gasteiger partial charge is 0.330 e. The van der Waals surface area contributed by atoms with Crippen molar-refractivity contribution in [1.29, 1.82) is 0 Å². The van der Waals surface area contributed by atoms with E-state index in [2.05, 4.69) is 16.9 Å². The lowest BCUT2D eigenvalue weighted by Crippen LogP contribution is -2.39. The first-order chi connectivity index (χ1) is 8.78. The maximum atomic E-state index is 5.59. The zero-order chi connectivity index (χ0) is 12.5. The van der Waals surface area contributed by atoms with Gasteiger partial charge in [0.05, 0.1) is 0 Å². The molecule has 4 nitrogen and oxygen atoms in total. The molecule has 1 aromatic rings. The molecule has 0 radical (unpaired) electrons. The van der Waals surface area contributed by atoms with Crippen molar-refractivity contribution in [1.82, 2.24) is 14.9 Å². The Labute approximate surface area is 109 Å². The Bertz CT molecular complexity index is 406. The van der Waals surface area contributed by atoms with E-state index in [9.17, 15) is 0 Å². The number of fused-ring (bicyclic) bond motifs is 2. The van der Waals surface area contributed by atoms with Crippen molar-refractivity contribution in [3.05, 3.63) is 23.8 Å². The quantitative estimate of drug-likeness (QED) is 0.874. The fraction of sp³-hybridized carbons (Fsp3) is 0.714. The van der Waals surface area contributed by atoms with E-state index in [1.165, 1.54) is 25.7 Å². The molecule has 0 aliphatic carbocycles. The van der Waals surface area contributed by atoms with Gasteiger partial charge >= 0.3 is 0 Å². The van der Waals surface area contributed by atoms with Crippen LogP contribution in [-0.4, -0.2) is 40.5 Å². The Morgan fingerprint density at radius 2 is 2.06 bits per heavy atom. The number of nitrogens with two attached hydrogens (primary N) is 1. The van der Waals surface area contributed by atoms with Crippen LogP contribution in [0.15, 0.2) is 12.3 Å². The second-order valence-electron chi connectivity index (χ2n) is 5.66. The molecule has 2 N–H and O–H groups in total. The zero-order valence-corrected chi connectivity index (χ0v) is 11.0. The average Bonchev–Trinajstić information content (AvgIpc) is 2.63. The van der Waals surface area contributed by atoms with Gasteiger partial charge in [-0.15, -0.1) is 0 Å². The molecule has 98 valence electrons. The summed E-state index contributed by atoms with van der Waals surface area (Å²) in [6, 6.07) is 3.48. The number of rotatable bonds is 3. The summed E-state index contributed by atoms with van der Waals surface area (Å²) >= 11 is 0. The van der Waals surface area contributed by atoms with Gasteiger partial charge in [-0.05, 0) is 45.3 Å². The third-order valence-electron chi connectivity index (χ3n) is 4.60. The minimum Gasteiger partial charge on any atom is -0.330 e. The van der Waals surface area contributed by atoms with E-state index >= 15 is 0 Å². The van der Waals surface area contributed by atoms with Gasteiger partial charge in [-0.3, -0.25) is 0 Å². The van der Waals surface area contributed by atoms with Gasteiger partial charge in [-0.1, -0.05) is 0 Å². The Balaban J connectivity index is 1.77. The van der Waals surface area contributed by atoms with Crippen molar-refractivity contribution < 1.29 is 0 Å². The van der Waals surface area contributed by atoms with Crippen LogP contribution in [0.25, 0.3) is 0 Å². The molecular weight excluding hydrogens is 224 g/mol. The van der Waals surface area contributed by atoms with Gasteiger partial charge in [-0.25, -0.2) is 9.97 Å². The highest BCUT2D eigenvalue weighted by Crippen LogP contribution is 2.40. The molecule has 3 rings (SSSR count). The molecule has 2 bridgehead atoms. The Morgan fingerprint density at radius 3 is 2.72 bits per heavy atom. The third kappa shape index (κ3) is 2.15. The smallest absolute Gasteiger partial charge is 0.131 e. The van der Waals surface area contributed by atoms with E-state index in [-0.39, 0.29) is 0 Å². The molecule has 2 aliphatic heterocycles. The predicted molar refractivity (Wildman–Crippen MR) is 71.3 cm³/mol. The van der Waals surface area contributed by atoms with E-state index < -0.39 is 0 Å². The summed E-state index contributed by atoms with van der Waals surface area (Å²) in [5.41, 5.74) is 6.69. The van der Waals surface area contributed by atoms with Gasteiger partial charge in [0, 0.05) is 36.3 Å². The Morgan fingerprint density at radius 1 is 1.33 bits per heavy atom. The number of aromatic nitrogens is 2. The number of hydrogen-bond donors (Lipinski definition) is 1. The van der Waals surface area contributed by atoms with Crippen LogP contribution in [-0.2, 0) is 6.42 Å². The lowest BCUT2D eigenvalue weighted by atomic mass is 9.90.